The van der Waals surface area contributed by atoms with Crippen molar-refractivity contribution in [1.82, 2.24) is 24.9 Å². The van der Waals surface area contributed by atoms with Gasteiger partial charge in [-0.2, -0.15) is 5.10 Å². The molecule has 5 rings (SSSR count). The number of aromatic nitrogens is 2. The van der Waals surface area contributed by atoms with E-state index in [1.165, 1.54) is 16.9 Å². The molecule has 34 heavy (non-hydrogen) atoms. The summed E-state index contributed by atoms with van der Waals surface area (Å²) in [7, 11) is 2.11. The van der Waals surface area contributed by atoms with Gasteiger partial charge in [-0.1, -0.05) is 36.4 Å². The molecule has 4 heterocycles. The maximum absolute atomic E-state index is 13.9. The molecule has 1 atom stereocenters. The van der Waals surface area contributed by atoms with Gasteiger partial charge in [0.15, 0.2) is 5.82 Å². The Morgan fingerprint density at radius 2 is 1.97 bits per heavy atom. The number of hydrogen-bond acceptors (Lipinski definition) is 5. The third-order valence-corrected chi connectivity index (χ3v) is 7.79. The summed E-state index contributed by atoms with van der Waals surface area (Å²) in [6.45, 7) is 6.84. The molecule has 0 bridgehead atoms. The summed E-state index contributed by atoms with van der Waals surface area (Å²) >= 11 is 1.39. The number of aromatic amines is 1. The summed E-state index contributed by atoms with van der Waals surface area (Å²) in [5.74, 6) is 0.310. The molecule has 0 saturated carbocycles. The van der Waals surface area contributed by atoms with Crippen LogP contribution in [0.2, 0.25) is 0 Å². The summed E-state index contributed by atoms with van der Waals surface area (Å²) in [6.07, 6.45) is 0.820. The van der Waals surface area contributed by atoms with E-state index >= 15 is 0 Å². The van der Waals surface area contributed by atoms with Gasteiger partial charge in [0, 0.05) is 25.2 Å². The first kappa shape index (κ1) is 22.6. The maximum atomic E-state index is 13.9. The van der Waals surface area contributed by atoms with Gasteiger partial charge in [0.05, 0.1) is 28.7 Å². The second kappa shape index (κ2) is 8.88. The molecule has 9 heteroatoms. The highest BCUT2D eigenvalue weighted by molar-refractivity contribution is 7.12. The average Bonchev–Trinajstić information content (AvgIpc) is 3.53. The minimum atomic E-state index is -0.564. The molecule has 2 aliphatic rings. The lowest BCUT2D eigenvalue weighted by atomic mass is 10.00. The van der Waals surface area contributed by atoms with E-state index in [1.54, 1.807) is 6.07 Å². The van der Waals surface area contributed by atoms with Crippen LogP contribution in [0.25, 0.3) is 0 Å². The number of likely N-dealkylation sites (N-methyl/N-ethyl adjacent to an activating group) is 1. The van der Waals surface area contributed by atoms with Crippen LogP contribution >= 0.6 is 11.3 Å². The number of carbonyl (C=O) groups excluding carboxylic acids is 2. The molecule has 0 spiro atoms. The van der Waals surface area contributed by atoms with Crippen molar-refractivity contribution in [1.29, 1.82) is 0 Å². The molecule has 178 valence electrons. The molecule has 1 saturated heterocycles. The van der Waals surface area contributed by atoms with Crippen LogP contribution in [0, 0.1) is 0 Å². The highest BCUT2D eigenvalue weighted by Gasteiger charge is 2.46. The number of anilines is 1. The number of thiophene rings is 1. The van der Waals surface area contributed by atoms with Crippen molar-refractivity contribution >= 4 is 29.1 Å². The largest absolute Gasteiger partial charge is 0.321 e. The lowest BCUT2D eigenvalue weighted by molar-refractivity contribution is 0.0611. The van der Waals surface area contributed by atoms with Crippen molar-refractivity contribution in [3.8, 4) is 0 Å². The van der Waals surface area contributed by atoms with Gasteiger partial charge >= 0.3 is 6.03 Å². The summed E-state index contributed by atoms with van der Waals surface area (Å²) in [5, 5.41) is 12.2. The lowest BCUT2D eigenvalue weighted by Gasteiger charge is -2.44. The summed E-state index contributed by atoms with van der Waals surface area (Å²) in [4.78, 5) is 33.4. The highest BCUT2D eigenvalue weighted by atomic mass is 32.1. The minimum Gasteiger partial charge on any atom is -0.319 e. The number of piperazine rings is 1. The van der Waals surface area contributed by atoms with E-state index in [1.807, 2.05) is 53.3 Å². The molecule has 2 N–H and O–H groups in total. The molecule has 1 fully saturated rings. The molecular formula is C25H30N6O2S. The Morgan fingerprint density at radius 3 is 2.71 bits per heavy atom. The van der Waals surface area contributed by atoms with Gasteiger partial charge in [-0.15, -0.1) is 11.3 Å². The number of rotatable bonds is 4. The molecule has 1 aromatic carbocycles. The number of amides is 3. The third-order valence-electron chi connectivity index (χ3n) is 6.92. The van der Waals surface area contributed by atoms with Gasteiger partial charge < -0.3 is 20.0 Å². The molecule has 0 radical (unpaired) electrons. The summed E-state index contributed by atoms with van der Waals surface area (Å²) in [5.41, 5.74) is 2.41. The first-order chi connectivity index (χ1) is 16.3. The van der Waals surface area contributed by atoms with E-state index in [0.29, 0.717) is 23.8 Å². The third kappa shape index (κ3) is 4.10. The van der Waals surface area contributed by atoms with E-state index in [9.17, 15) is 9.59 Å². The zero-order valence-electron chi connectivity index (χ0n) is 19.7. The number of fused-ring (bicyclic) bond motifs is 1. The van der Waals surface area contributed by atoms with E-state index in [0.717, 1.165) is 30.8 Å². The molecule has 8 nitrogen and oxygen atoms in total. The van der Waals surface area contributed by atoms with E-state index in [2.05, 4.69) is 39.6 Å². The zero-order chi connectivity index (χ0) is 23.9. The molecular weight excluding hydrogens is 448 g/mol. The average molecular weight is 479 g/mol. The van der Waals surface area contributed by atoms with Crippen LogP contribution in [0.4, 0.5) is 10.6 Å². The monoisotopic (exact) mass is 478 g/mol. The zero-order valence-corrected chi connectivity index (χ0v) is 20.6. The van der Waals surface area contributed by atoms with Gasteiger partial charge in [0.1, 0.15) is 0 Å². The van der Waals surface area contributed by atoms with E-state index < -0.39 is 5.54 Å². The number of carbonyl (C=O) groups is 2. The van der Waals surface area contributed by atoms with Crippen LogP contribution in [0.1, 0.15) is 40.3 Å². The normalized spacial score (nSPS) is 19.8. The van der Waals surface area contributed by atoms with Crippen LogP contribution < -0.4 is 5.32 Å². The van der Waals surface area contributed by atoms with E-state index in [-0.39, 0.29) is 18.0 Å². The fourth-order valence-electron chi connectivity index (χ4n) is 4.98. The Labute approximate surface area is 203 Å². The van der Waals surface area contributed by atoms with Gasteiger partial charge in [0.25, 0.3) is 5.91 Å². The fourth-order valence-corrected chi connectivity index (χ4v) is 5.60. The Bertz CT molecular complexity index is 1170. The second-order valence-corrected chi connectivity index (χ2v) is 10.5. The van der Waals surface area contributed by atoms with Crippen molar-refractivity contribution in [2.45, 2.75) is 38.4 Å². The minimum absolute atomic E-state index is 0.0270. The molecule has 3 aromatic rings. The first-order valence-corrected chi connectivity index (χ1v) is 12.5. The standard InChI is InChI=1S/C25H30N6O2S/c1-25(2)21-19(22(28-27-21)26-23(32)20-10-7-13-34-20)16-31(25)24(33)30-12-11-29(3)15-18(30)14-17-8-5-4-6-9-17/h4-10,13,18H,11-12,14-16H2,1-3H3,(H2,26,27,28,32). The Balaban J connectivity index is 1.36. The van der Waals surface area contributed by atoms with Crippen molar-refractivity contribution in [2.75, 3.05) is 32.0 Å². The van der Waals surface area contributed by atoms with Crippen molar-refractivity contribution < 1.29 is 9.59 Å². The van der Waals surface area contributed by atoms with Crippen LogP contribution in [0.15, 0.2) is 47.8 Å². The lowest BCUT2D eigenvalue weighted by Crippen LogP contribution is -2.59. The molecule has 3 amide bonds. The van der Waals surface area contributed by atoms with Gasteiger partial charge in [-0.3, -0.25) is 9.89 Å². The molecule has 2 aliphatic heterocycles. The quantitative estimate of drug-likeness (QED) is 0.598. The van der Waals surface area contributed by atoms with Crippen molar-refractivity contribution in [3.63, 3.8) is 0 Å². The highest BCUT2D eigenvalue weighted by Crippen LogP contribution is 2.41. The number of nitrogens with one attached hydrogen (secondary N) is 2. The van der Waals surface area contributed by atoms with Crippen molar-refractivity contribution in [3.05, 3.63) is 69.5 Å². The van der Waals surface area contributed by atoms with Crippen LogP contribution in [0.5, 0.6) is 0 Å². The van der Waals surface area contributed by atoms with Crippen molar-refractivity contribution in [2.24, 2.45) is 0 Å². The number of H-pyrrole nitrogens is 1. The summed E-state index contributed by atoms with van der Waals surface area (Å²) < 4.78 is 0. The Morgan fingerprint density at radius 1 is 1.18 bits per heavy atom. The van der Waals surface area contributed by atoms with Gasteiger partial charge in [0.2, 0.25) is 0 Å². The van der Waals surface area contributed by atoms with Crippen LogP contribution in [-0.4, -0.2) is 69.6 Å². The molecule has 2 aromatic heterocycles. The number of benzene rings is 1. The van der Waals surface area contributed by atoms with Crippen LogP contribution in [0.3, 0.4) is 0 Å². The van der Waals surface area contributed by atoms with Crippen LogP contribution in [-0.2, 0) is 18.5 Å². The molecule has 0 aliphatic carbocycles. The number of nitrogens with zero attached hydrogens (tertiary/aromatic N) is 4. The van der Waals surface area contributed by atoms with Gasteiger partial charge in [-0.25, -0.2) is 4.79 Å². The van der Waals surface area contributed by atoms with E-state index in [4.69, 9.17) is 0 Å². The maximum Gasteiger partial charge on any atom is 0.321 e. The SMILES string of the molecule is CN1CCN(C(=O)N2Cc3c(NC(=O)c4cccs4)n[nH]c3C2(C)C)C(Cc2ccccc2)C1. The Kier molecular flexibility index (Phi) is 5.91. The first-order valence-electron chi connectivity index (χ1n) is 11.6. The summed E-state index contributed by atoms with van der Waals surface area (Å²) in [6, 6.07) is 14.1. The van der Waals surface area contributed by atoms with Gasteiger partial charge in [-0.05, 0) is 44.3 Å². The topological polar surface area (TPSA) is 84.6 Å². The Hall–Kier alpha value is -3.17. The number of hydrogen-bond donors (Lipinski definition) is 2. The molecule has 1 unspecified atom stereocenters. The second-order valence-electron chi connectivity index (χ2n) is 9.58. The smallest absolute Gasteiger partial charge is 0.319 e. The fraction of sp³-hybridized carbons (Fsp3) is 0.400. The predicted octanol–water partition coefficient (Wildman–Crippen LogP) is 3.75. The predicted molar refractivity (Wildman–Crippen MR) is 133 cm³/mol. The number of urea groups is 1.